The van der Waals surface area contributed by atoms with Crippen molar-refractivity contribution in [2.24, 2.45) is 0 Å². The molecule has 3 rings (SSSR count). The van der Waals surface area contributed by atoms with E-state index >= 15 is 0 Å². The van der Waals surface area contributed by atoms with E-state index in [9.17, 15) is 19.1 Å². The van der Waals surface area contributed by atoms with E-state index in [0.29, 0.717) is 11.4 Å². The van der Waals surface area contributed by atoms with Gasteiger partial charge in [-0.2, -0.15) is 5.10 Å². The maximum absolute atomic E-state index is 13.1. The smallest absolute Gasteiger partial charge is 0.343 e. The second-order valence-electron chi connectivity index (χ2n) is 5.05. The first kappa shape index (κ1) is 14.7. The van der Waals surface area contributed by atoms with E-state index < -0.39 is 23.5 Å². The van der Waals surface area contributed by atoms with Crippen LogP contribution in [-0.2, 0) is 24.4 Å². The summed E-state index contributed by atoms with van der Waals surface area (Å²) in [7, 11) is 0. The molecular weight excluding hydrogens is 315 g/mol. The summed E-state index contributed by atoms with van der Waals surface area (Å²) in [5.41, 5.74) is 0.182. The molecule has 1 aliphatic rings. The molecule has 1 aromatic carbocycles. The molecule has 1 aromatic heterocycles. The molecular formula is C13H12ClFN4O3. The van der Waals surface area contributed by atoms with Crippen LogP contribution < -0.4 is 5.69 Å². The van der Waals surface area contributed by atoms with Crippen LogP contribution in [0, 0.1) is 5.82 Å². The zero-order valence-electron chi connectivity index (χ0n) is 11.3. The monoisotopic (exact) mass is 326 g/mol. The fourth-order valence-electron chi connectivity index (χ4n) is 2.51. The van der Waals surface area contributed by atoms with Crippen LogP contribution in [0.15, 0.2) is 23.0 Å². The first-order valence-corrected chi connectivity index (χ1v) is 6.88. The van der Waals surface area contributed by atoms with Crippen molar-refractivity contribution in [1.29, 1.82) is 0 Å². The predicted octanol–water partition coefficient (Wildman–Crippen LogP) is 0.833. The highest BCUT2D eigenvalue weighted by Crippen LogP contribution is 2.23. The van der Waals surface area contributed by atoms with Gasteiger partial charge in [-0.3, -0.25) is 14.3 Å². The number of aliphatic carboxylic acids is 1. The number of carbonyl (C=O) groups is 1. The molecule has 0 aliphatic carbocycles. The van der Waals surface area contributed by atoms with E-state index in [1.807, 2.05) is 0 Å². The van der Waals surface area contributed by atoms with Gasteiger partial charge < -0.3 is 5.11 Å². The summed E-state index contributed by atoms with van der Waals surface area (Å²) in [5, 5.41) is 15.8. The van der Waals surface area contributed by atoms with Crippen molar-refractivity contribution in [2.45, 2.75) is 25.7 Å². The molecule has 1 unspecified atom stereocenters. The van der Waals surface area contributed by atoms with E-state index in [1.165, 1.54) is 22.8 Å². The summed E-state index contributed by atoms with van der Waals surface area (Å²) in [6, 6.07) is 3.08. The molecule has 116 valence electrons. The number of aromatic nitrogens is 3. The third kappa shape index (κ3) is 2.62. The van der Waals surface area contributed by atoms with E-state index in [0.717, 1.165) is 0 Å². The Balaban J connectivity index is 1.91. The van der Waals surface area contributed by atoms with Crippen molar-refractivity contribution in [3.8, 4) is 0 Å². The lowest BCUT2D eigenvalue weighted by Gasteiger charge is -2.32. The number of nitrogens with one attached hydrogen (secondary N) is 1. The van der Waals surface area contributed by atoms with Gasteiger partial charge in [0.1, 0.15) is 17.7 Å². The maximum Gasteiger partial charge on any atom is 0.343 e. The molecule has 9 heteroatoms. The molecule has 0 saturated heterocycles. The van der Waals surface area contributed by atoms with Crippen molar-refractivity contribution >= 4 is 17.6 Å². The van der Waals surface area contributed by atoms with Crippen molar-refractivity contribution in [1.82, 2.24) is 19.7 Å². The van der Waals surface area contributed by atoms with E-state index in [4.69, 9.17) is 11.6 Å². The Morgan fingerprint density at radius 1 is 1.55 bits per heavy atom. The minimum Gasteiger partial charge on any atom is -0.480 e. The number of H-pyrrole nitrogens is 1. The molecule has 22 heavy (non-hydrogen) atoms. The normalized spacial score (nSPS) is 18.2. The molecule has 0 radical (unpaired) electrons. The van der Waals surface area contributed by atoms with Gasteiger partial charge in [-0.15, -0.1) is 0 Å². The number of benzene rings is 1. The fraction of sp³-hybridized carbons (Fsp3) is 0.308. The minimum atomic E-state index is -1.04. The molecule has 0 amide bonds. The number of rotatable bonds is 3. The van der Waals surface area contributed by atoms with Crippen LogP contribution in [0.1, 0.15) is 11.4 Å². The lowest BCUT2D eigenvalue weighted by atomic mass is 10.1. The first-order chi connectivity index (χ1) is 10.5. The Labute approximate surface area is 128 Å². The molecule has 0 saturated carbocycles. The molecule has 2 heterocycles. The van der Waals surface area contributed by atoms with Gasteiger partial charge in [-0.1, -0.05) is 17.7 Å². The lowest BCUT2D eigenvalue weighted by Crippen LogP contribution is -2.49. The number of hydrogen-bond acceptors (Lipinski definition) is 4. The number of hydrogen-bond donors (Lipinski definition) is 2. The van der Waals surface area contributed by atoms with Gasteiger partial charge in [0.2, 0.25) is 0 Å². The molecule has 0 spiro atoms. The molecule has 7 nitrogen and oxygen atoms in total. The Morgan fingerprint density at radius 2 is 2.32 bits per heavy atom. The zero-order chi connectivity index (χ0) is 15.9. The minimum absolute atomic E-state index is 0.00118. The number of carboxylic acids is 1. The van der Waals surface area contributed by atoms with Crippen molar-refractivity contribution in [3.05, 3.63) is 50.9 Å². The number of fused-ring (bicyclic) bond motifs is 1. The number of carboxylic acid groups (broad SMARTS) is 1. The van der Waals surface area contributed by atoms with Crippen LogP contribution in [0.2, 0.25) is 5.02 Å². The molecule has 1 aliphatic heterocycles. The van der Waals surface area contributed by atoms with E-state index in [1.54, 1.807) is 4.90 Å². The van der Waals surface area contributed by atoms with Gasteiger partial charge in [-0.25, -0.2) is 14.3 Å². The summed E-state index contributed by atoms with van der Waals surface area (Å²) in [6.45, 7) is 0.402. The summed E-state index contributed by atoms with van der Waals surface area (Å²) in [5.74, 6) is -1.04. The highest BCUT2D eigenvalue weighted by molar-refractivity contribution is 6.31. The van der Waals surface area contributed by atoms with Gasteiger partial charge in [0.25, 0.3) is 0 Å². The van der Waals surface area contributed by atoms with E-state index in [-0.39, 0.29) is 24.7 Å². The summed E-state index contributed by atoms with van der Waals surface area (Å²) in [6.07, 6.45) is 0. The van der Waals surface area contributed by atoms with Gasteiger partial charge in [0, 0.05) is 11.6 Å². The summed E-state index contributed by atoms with van der Waals surface area (Å²) >= 11 is 5.99. The van der Waals surface area contributed by atoms with Crippen LogP contribution >= 0.6 is 11.6 Å². The quantitative estimate of drug-likeness (QED) is 0.872. The first-order valence-electron chi connectivity index (χ1n) is 6.50. The highest BCUT2D eigenvalue weighted by atomic mass is 35.5. The zero-order valence-corrected chi connectivity index (χ0v) is 12.0. The van der Waals surface area contributed by atoms with Crippen LogP contribution in [0.3, 0.4) is 0 Å². The third-order valence-electron chi connectivity index (χ3n) is 3.65. The third-order valence-corrected chi connectivity index (χ3v) is 4.00. The van der Waals surface area contributed by atoms with Gasteiger partial charge in [0.05, 0.1) is 13.1 Å². The number of aromatic amines is 1. The number of halogens is 2. The Kier molecular flexibility index (Phi) is 3.71. The van der Waals surface area contributed by atoms with E-state index in [2.05, 4.69) is 10.2 Å². The summed E-state index contributed by atoms with van der Waals surface area (Å²) in [4.78, 5) is 24.7. The Bertz CT molecular complexity index is 788. The summed E-state index contributed by atoms with van der Waals surface area (Å²) < 4.78 is 14.4. The van der Waals surface area contributed by atoms with Crippen molar-refractivity contribution < 1.29 is 14.3 Å². The fourth-order valence-corrected chi connectivity index (χ4v) is 2.74. The molecule has 2 N–H and O–H groups in total. The second kappa shape index (κ2) is 5.54. The topological polar surface area (TPSA) is 91.2 Å². The lowest BCUT2D eigenvalue weighted by molar-refractivity contribution is -0.145. The van der Waals surface area contributed by atoms with Gasteiger partial charge in [-0.05, 0) is 17.7 Å². The molecule has 0 fully saturated rings. The van der Waals surface area contributed by atoms with Crippen LogP contribution in [-0.4, -0.2) is 36.8 Å². The van der Waals surface area contributed by atoms with Gasteiger partial charge >= 0.3 is 11.7 Å². The van der Waals surface area contributed by atoms with Crippen LogP contribution in [0.5, 0.6) is 0 Å². The largest absolute Gasteiger partial charge is 0.480 e. The highest BCUT2D eigenvalue weighted by Gasteiger charge is 2.33. The van der Waals surface area contributed by atoms with Crippen molar-refractivity contribution in [2.75, 3.05) is 0 Å². The Morgan fingerprint density at radius 3 is 3.00 bits per heavy atom. The van der Waals surface area contributed by atoms with Crippen LogP contribution in [0.4, 0.5) is 4.39 Å². The van der Waals surface area contributed by atoms with Crippen LogP contribution in [0.25, 0.3) is 0 Å². The van der Waals surface area contributed by atoms with Gasteiger partial charge in [0.15, 0.2) is 0 Å². The standard InChI is InChI=1S/C13H12ClFN4O3/c14-9-3-8(15)2-1-7(9)4-18-6-11-16-17-13(22)19(11)5-10(18)12(20)21/h1-3,10H,4-6H2,(H,17,22)(H,20,21). The average molecular weight is 327 g/mol. The second-order valence-corrected chi connectivity index (χ2v) is 5.46. The van der Waals surface area contributed by atoms with Crippen molar-refractivity contribution in [3.63, 3.8) is 0 Å². The molecule has 0 bridgehead atoms. The average Bonchev–Trinajstić information content (AvgIpc) is 2.82. The molecule has 2 aromatic rings. The predicted molar refractivity (Wildman–Crippen MR) is 74.9 cm³/mol. The molecule has 1 atom stereocenters. The SMILES string of the molecule is O=C(O)C1Cn2c(n[nH]c2=O)CN1Cc1ccc(F)cc1Cl. The number of nitrogens with zero attached hydrogens (tertiary/aromatic N) is 3. The maximum atomic E-state index is 13.1. The Hall–Kier alpha value is -2.19.